The number of hydrogen-bond donors (Lipinski definition) is 2. The molecule has 19 heavy (non-hydrogen) atoms. The molecule has 1 atom stereocenters. The summed E-state index contributed by atoms with van der Waals surface area (Å²) in [4.78, 5) is 11.9. The minimum Gasteiger partial charge on any atom is -0.351 e. The molecule has 0 spiro atoms. The molecule has 5 heteroatoms. The highest BCUT2D eigenvalue weighted by atomic mass is 16.5. The summed E-state index contributed by atoms with van der Waals surface area (Å²) in [6.45, 7) is 5.93. The van der Waals surface area contributed by atoms with Crippen LogP contribution in [0.2, 0.25) is 0 Å². The molecule has 1 aromatic heterocycles. The first-order chi connectivity index (χ1) is 9.24. The molecule has 0 aromatic carbocycles. The van der Waals surface area contributed by atoms with Gasteiger partial charge in [0.2, 0.25) is 5.76 Å². The standard InChI is InChI=1S/C14H23N3O2/c1-3-10(4-2)12-8-13(19-17-12)14(18)16-9-11-6-5-7-15-11/h8,10-11,15H,3-7,9H2,1-2H3,(H,16,18). The molecule has 1 aliphatic heterocycles. The quantitative estimate of drug-likeness (QED) is 0.826. The monoisotopic (exact) mass is 265 g/mol. The molecule has 0 radical (unpaired) electrons. The van der Waals surface area contributed by atoms with Gasteiger partial charge in [-0.2, -0.15) is 0 Å². The maximum absolute atomic E-state index is 11.9. The van der Waals surface area contributed by atoms with Crippen molar-refractivity contribution in [2.45, 2.75) is 51.5 Å². The molecule has 2 heterocycles. The number of amides is 1. The van der Waals surface area contributed by atoms with Gasteiger partial charge in [0.1, 0.15) is 0 Å². The van der Waals surface area contributed by atoms with E-state index in [0.29, 0.717) is 24.3 Å². The van der Waals surface area contributed by atoms with E-state index in [-0.39, 0.29) is 5.91 Å². The molecule has 2 N–H and O–H groups in total. The highest BCUT2D eigenvalue weighted by molar-refractivity contribution is 5.91. The lowest BCUT2D eigenvalue weighted by Gasteiger charge is -2.09. The summed E-state index contributed by atoms with van der Waals surface area (Å²) < 4.78 is 5.14. The van der Waals surface area contributed by atoms with Crippen molar-refractivity contribution in [1.82, 2.24) is 15.8 Å². The van der Waals surface area contributed by atoms with E-state index < -0.39 is 0 Å². The third kappa shape index (κ3) is 3.56. The number of carbonyl (C=O) groups is 1. The number of nitrogens with zero attached hydrogens (tertiary/aromatic N) is 1. The Bertz CT molecular complexity index is 407. The van der Waals surface area contributed by atoms with Crippen molar-refractivity contribution in [2.24, 2.45) is 0 Å². The first-order valence-corrected chi connectivity index (χ1v) is 7.22. The van der Waals surface area contributed by atoms with Crippen LogP contribution in [0.5, 0.6) is 0 Å². The zero-order valence-electron chi connectivity index (χ0n) is 11.7. The van der Waals surface area contributed by atoms with E-state index in [9.17, 15) is 4.79 Å². The van der Waals surface area contributed by atoms with Crippen LogP contribution < -0.4 is 10.6 Å². The maximum atomic E-state index is 11.9. The van der Waals surface area contributed by atoms with Crippen LogP contribution in [0.4, 0.5) is 0 Å². The molecule has 1 aliphatic rings. The number of carbonyl (C=O) groups excluding carboxylic acids is 1. The van der Waals surface area contributed by atoms with Gasteiger partial charge in [-0.15, -0.1) is 0 Å². The normalized spacial score (nSPS) is 19.0. The van der Waals surface area contributed by atoms with Gasteiger partial charge in [0, 0.05) is 24.6 Å². The van der Waals surface area contributed by atoms with Crippen molar-refractivity contribution in [3.8, 4) is 0 Å². The Morgan fingerprint density at radius 2 is 2.37 bits per heavy atom. The minimum absolute atomic E-state index is 0.168. The van der Waals surface area contributed by atoms with E-state index in [1.165, 1.54) is 6.42 Å². The molecule has 106 valence electrons. The predicted octanol–water partition coefficient (Wildman–Crippen LogP) is 2.06. The van der Waals surface area contributed by atoms with Gasteiger partial charge in [-0.1, -0.05) is 19.0 Å². The zero-order valence-corrected chi connectivity index (χ0v) is 11.7. The third-order valence-electron chi connectivity index (χ3n) is 3.83. The summed E-state index contributed by atoms with van der Waals surface area (Å²) in [5.41, 5.74) is 0.883. The molecule has 0 aliphatic carbocycles. The lowest BCUT2D eigenvalue weighted by atomic mass is 9.99. The molecule has 0 saturated carbocycles. The van der Waals surface area contributed by atoms with Crippen molar-refractivity contribution in [1.29, 1.82) is 0 Å². The van der Waals surface area contributed by atoms with Crippen LogP contribution in [-0.2, 0) is 0 Å². The molecular weight excluding hydrogens is 242 g/mol. The second-order valence-electron chi connectivity index (χ2n) is 5.13. The van der Waals surface area contributed by atoms with E-state index in [4.69, 9.17) is 4.52 Å². The fourth-order valence-electron chi connectivity index (χ4n) is 2.53. The van der Waals surface area contributed by atoms with Crippen molar-refractivity contribution < 1.29 is 9.32 Å². The lowest BCUT2D eigenvalue weighted by molar-refractivity contribution is 0.0913. The highest BCUT2D eigenvalue weighted by Gasteiger charge is 2.19. The Morgan fingerprint density at radius 1 is 1.58 bits per heavy atom. The summed E-state index contributed by atoms with van der Waals surface area (Å²) in [5, 5.41) is 10.2. The van der Waals surface area contributed by atoms with Crippen LogP contribution in [0.3, 0.4) is 0 Å². The summed E-state index contributed by atoms with van der Waals surface area (Å²) in [7, 11) is 0. The Kier molecular flexibility index (Phi) is 4.96. The van der Waals surface area contributed by atoms with E-state index in [0.717, 1.165) is 31.5 Å². The number of aromatic nitrogens is 1. The Morgan fingerprint density at radius 3 is 3.00 bits per heavy atom. The summed E-state index contributed by atoms with van der Waals surface area (Å²) >= 11 is 0. The van der Waals surface area contributed by atoms with Gasteiger partial charge in [-0.05, 0) is 32.2 Å². The minimum atomic E-state index is -0.168. The molecular formula is C14H23N3O2. The summed E-state index contributed by atoms with van der Waals surface area (Å²) in [6, 6.07) is 2.17. The fraction of sp³-hybridized carbons (Fsp3) is 0.714. The average molecular weight is 265 g/mol. The van der Waals surface area contributed by atoms with Crippen molar-refractivity contribution in [3.63, 3.8) is 0 Å². The maximum Gasteiger partial charge on any atom is 0.289 e. The van der Waals surface area contributed by atoms with E-state index in [1.807, 2.05) is 0 Å². The van der Waals surface area contributed by atoms with E-state index in [2.05, 4.69) is 29.6 Å². The molecule has 2 rings (SSSR count). The van der Waals surface area contributed by atoms with E-state index in [1.54, 1.807) is 6.07 Å². The number of hydrogen-bond acceptors (Lipinski definition) is 4. The Balaban J connectivity index is 1.88. The van der Waals surface area contributed by atoms with Gasteiger partial charge < -0.3 is 15.2 Å². The third-order valence-corrected chi connectivity index (χ3v) is 3.83. The Labute approximate surface area is 114 Å². The van der Waals surface area contributed by atoms with Crippen molar-refractivity contribution >= 4 is 5.91 Å². The van der Waals surface area contributed by atoms with Gasteiger partial charge in [0.15, 0.2) is 0 Å². The lowest BCUT2D eigenvalue weighted by Crippen LogP contribution is -2.37. The van der Waals surface area contributed by atoms with Crippen molar-refractivity contribution in [2.75, 3.05) is 13.1 Å². The van der Waals surface area contributed by atoms with Gasteiger partial charge in [-0.25, -0.2) is 0 Å². The molecule has 1 amide bonds. The first-order valence-electron chi connectivity index (χ1n) is 7.22. The second-order valence-corrected chi connectivity index (χ2v) is 5.13. The van der Waals surface area contributed by atoms with Gasteiger partial charge >= 0.3 is 0 Å². The molecule has 1 fully saturated rings. The van der Waals surface area contributed by atoms with Crippen molar-refractivity contribution in [3.05, 3.63) is 17.5 Å². The van der Waals surface area contributed by atoms with Crippen LogP contribution in [-0.4, -0.2) is 30.2 Å². The van der Waals surface area contributed by atoms with E-state index >= 15 is 0 Å². The molecule has 5 nitrogen and oxygen atoms in total. The molecule has 1 aromatic rings. The largest absolute Gasteiger partial charge is 0.351 e. The van der Waals surface area contributed by atoms with Gasteiger partial charge in [0.05, 0.1) is 5.69 Å². The second kappa shape index (κ2) is 6.70. The predicted molar refractivity (Wildman–Crippen MR) is 73.2 cm³/mol. The van der Waals surface area contributed by atoms with Crippen LogP contribution in [0.1, 0.15) is 61.7 Å². The van der Waals surface area contributed by atoms with Gasteiger partial charge in [0.25, 0.3) is 5.91 Å². The fourth-order valence-corrected chi connectivity index (χ4v) is 2.53. The SMILES string of the molecule is CCC(CC)c1cc(C(=O)NCC2CCCN2)on1. The molecule has 0 bridgehead atoms. The van der Waals surface area contributed by atoms with Crippen LogP contribution in [0, 0.1) is 0 Å². The Hall–Kier alpha value is -1.36. The molecule has 1 saturated heterocycles. The zero-order chi connectivity index (χ0) is 13.7. The van der Waals surface area contributed by atoms with Gasteiger partial charge in [-0.3, -0.25) is 4.79 Å². The highest BCUT2D eigenvalue weighted by Crippen LogP contribution is 2.22. The summed E-state index contributed by atoms with van der Waals surface area (Å²) in [5.74, 6) is 0.528. The number of rotatable bonds is 6. The smallest absolute Gasteiger partial charge is 0.289 e. The van der Waals surface area contributed by atoms with Crippen LogP contribution >= 0.6 is 0 Å². The van der Waals surface area contributed by atoms with Crippen LogP contribution in [0.15, 0.2) is 10.6 Å². The topological polar surface area (TPSA) is 67.2 Å². The number of nitrogens with one attached hydrogen (secondary N) is 2. The van der Waals surface area contributed by atoms with Crippen LogP contribution in [0.25, 0.3) is 0 Å². The summed E-state index contributed by atoms with van der Waals surface area (Å²) in [6.07, 6.45) is 4.32. The average Bonchev–Trinajstić information content (AvgIpc) is 3.09. The molecule has 1 unspecified atom stereocenters. The first kappa shape index (κ1) is 14.1.